The number of hydrogen-bond donors (Lipinski definition) is 4. The van der Waals surface area contributed by atoms with Gasteiger partial charge in [-0.3, -0.25) is 19.7 Å². The molecule has 4 N–H and O–H groups in total. The Bertz CT molecular complexity index is 1390. The van der Waals surface area contributed by atoms with Gasteiger partial charge in [0.1, 0.15) is 0 Å². The molecular formula is C35H46N6O6. The van der Waals surface area contributed by atoms with Crippen LogP contribution in [0.1, 0.15) is 79.6 Å². The molecule has 1 aromatic heterocycles. The normalized spacial score (nSPS) is 20.1. The first kappa shape index (κ1) is 34.4. The average Bonchev–Trinajstić information content (AvgIpc) is 3.13. The Kier molecular flexibility index (Phi) is 13.0. The summed E-state index contributed by atoms with van der Waals surface area (Å²) in [6.45, 7) is 4.71. The van der Waals surface area contributed by atoms with Crippen LogP contribution in [0.3, 0.4) is 0 Å². The molecule has 3 heterocycles. The molecule has 12 nitrogen and oxygen atoms in total. The number of carbonyl (C=O) groups is 2. The molecule has 0 bridgehead atoms. The van der Waals surface area contributed by atoms with Crippen molar-refractivity contribution < 1.29 is 29.4 Å². The van der Waals surface area contributed by atoms with Gasteiger partial charge in [0.25, 0.3) is 0 Å². The molecular weight excluding hydrogens is 600 g/mol. The summed E-state index contributed by atoms with van der Waals surface area (Å²) in [6, 6.07) is 17.7. The summed E-state index contributed by atoms with van der Waals surface area (Å²) in [4.78, 5) is 36.8. The predicted octanol–water partition coefficient (Wildman–Crippen LogP) is 3.80. The number of carbonyl (C=O) groups excluding carboxylic acids is 2. The van der Waals surface area contributed by atoms with Crippen LogP contribution in [0.4, 0.5) is 5.95 Å². The van der Waals surface area contributed by atoms with Crippen LogP contribution in [0.25, 0.3) is 0 Å². The maximum atomic E-state index is 12.3. The quantitative estimate of drug-likeness (QED) is 0.109. The van der Waals surface area contributed by atoms with Crippen LogP contribution in [-0.4, -0.2) is 75.8 Å². The van der Waals surface area contributed by atoms with E-state index in [1.165, 1.54) is 0 Å². The van der Waals surface area contributed by atoms with E-state index in [0.29, 0.717) is 19.4 Å². The molecule has 0 aliphatic carbocycles. The molecule has 2 aromatic carbocycles. The first-order valence-corrected chi connectivity index (χ1v) is 16.5. The van der Waals surface area contributed by atoms with Gasteiger partial charge in [-0.1, -0.05) is 61.4 Å². The highest BCUT2D eigenvalue weighted by atomic mass is 16.7. The monoisotopic (exact) mass is 646 g/mol. The van der Waals surface area contributed by atoms with Crippen molar-refractivity contribution in [2.24, 2.45) is 0 Å². The van der Waals surface area contributed by atoms with Crippen LogP contribution in [0.15, 0.2) is 67.0 Å². The molecule has 2 amide bonds. The highest BCUT2D eigenvalue weighted by molar-refractivity contribution is 5.75. The zero-order valence-electron chi connectivity index (χ0n) is 26.8. The van der Waals surface area contributed by atoms with Crippen molar-refractivity contribution in [2.45, 2.75) is 76.6 Å². The number of piperazine rings is 1. The molecule has 12 heteroatoms. The number of aliphatic hydroxyl groups is 1. The molecule has 47 heavy (non-hydrogen) atoms. The average molecular weight is 647 g/mol. The van der Waals surface area contributed by atoms with Gasteiger partial charge in [-0.05, 0) is 35.6 Å². The first-order chi connectivity index (χ1) is 23.0. The fraction of sp³-hybridized carbons (Fsp3) is 0.486. The van der Waals surface area contributed by atoms with Crippen molar-refractivity contribution in [3.63, 3.8) is 0 Å². The Balaban J connectivity index is 1.14. The Labute approximate surface area is 276 Å². The second kappa shape index (κ2) is 17.8. The van der Waals surface area contributed by atoms with E-state index < -0.39 is 6.29 Å². The van der Waals surface area contributed by atoms with Gasteiger partial charge in [0, 0.05) is 76.5 Å². The highest BCUT2D eigenvalue weighted by Crippen LogP contribution is 2.38. The molecule has 5 rings (SSSR count). The van der Waals surface area contributed by atoms with Gasteiger partial charge in [0.15, 0.2) is 6.29 Å². The van der Waals surface area contributed by atoms with Gasteiger partial charge in [0.2, 0.25) is 17.8 Å². The van der Waals surface area contributed by atoms with Gasteiger partial charge < -0.3 is 24.8 Å². The number of hydroxylamine groups is 1. The fourth-order valence-electron chi connectivity index (χ4n) is 5.97. The number of ether oxygens (including phenoxy) is 2. The van der Waals surface area contributed by atoms with Gasteiger partial charge in [-0.2, -0.15) is 0 Å². The SMILES string of the molecule is O=C(CCCCCCC(=O)NCc1ccc([C@@H]2O[C@H](CN3CCN(c4ncccn4)CC3)C[C@H](c3ccc(CO)cc3)O2)cc1)NO. The molecule has 0 saturated carbocycles. The van der Waals surface area contributed by atoms with Crippen LogP contribution in [0.2, 0.25) is 0 Å². The predicted molar refractivity (Wildman–Crippen MR) is 175 cm³/mol. The highest BCUT2D eigenvalue weighted by Gasteiger charge is 2.34. The fourth-order valence-corrected chi connectivity index (χ4v) is 5.97. The summed E-state index contributed by atoms with van der Waals surface area (Å²) < 4.78 is 13.1. The maximum Gasteiger partial charge on any atom is 0.243 e. The zero-order chi connectivity index (χ0) is 32.8. The number of nitrogens with zero attached hydrogens (tertiary/aromatic N) is 4. The topological polar surface area (TPSA) is 149 Å². The molecule has 2 aliphatic heterocycles. The van der Waals surface area contributed by atoms with Crippen LogP contribution in [0, 0.1) is 0 Å². The number of amides is 2. The summed E-state index contributed by atoms with van der Waals surface area (Å²) in [5, 5.41) is 21.0. The second-order valence-electron chi connectivity index (χ2n) is 12.2. The Morgan fingerprint density at radius 1 is 0.809 bits per heavy atom. The van der Waals surface area contributed by atoms with Gasteiger partial charge in [-0.15, -0.1) is 0 Å². The lowest BCUT2D eigenvalue weighted by atomic mass is 9.99. The van der Waals surface area contributed by atoms with Gasteiger partial charge in [-0.25, -0.2) is 15.4 Å². The van der Waals surface area contributed by atoms with E-state index in [1.807, 2.05) is 54.6 Å². The van der Waals surface area contributed by atoms with E-state index in [2.05, 4.69) is 25.1 Å². The number of hydrogen-bond acceptors (Lipinski definition) is 10. The Morgan fingerprint density at radius 3 is 2.11 bits per heavy atom. The molecule has 0 radical (unpaired) electrons. The number of aromatic nitrogens is 2. The smallest absolute Gasteiger partial charge is 0.243 e. The summed E-state index contributed by atoms with van der Waals surface area (Å²) >= 11 is 0. The molecule has 2 aliphatic rings. The van der Waals surface area contributed by atoms with Crippen molar-refractivity contribution in [1.82, 2.24) is 25.7 Å². The van der Waals surface area contributed by atoms with Crippen LogP contribution in [0.5, 0.6) is 0 Å². The molecule has 3 aromatic rings. The summed E-state index contributed by atoms with van der Waals surface area (Å²) in [5.74, 6) is 0.382. The number of unbranched alkanes of at least 4 members (excludes halogenated alkanes) is 3. The Morgan fingerprint density at radius 2 is 1.45 bits per heavy atom. The van der Waals surface area contributed by atoms with Crippen molar-refractivity contribution >= 4 is 17.8 Å². The number of anilines is 1. The number of nitrogens with one attached hydrogen (secondary N) is 2. The minimum absolute atomic E-state index is 0.000356. The van der Waals surface area contributed by atoms with E-state index >= 15 is 0 Å². The lowest BCUT2D eigenvalue weighted by molar-refractivity contribution is -0.253. The number of rotatable bonds is 15. The molecule has 3 atom stereocenters. The lowest BCUT2D eigenvalue weighted by Gasteiger charge is -2.40. The molecule has 2 saturated heterocycles. The van der Waals surface area contributed by atoms with Crippen molar-refractivity contribution in [3.8, 4) is 0 Å². The Hall–Kier alpha value is -3.94. The number of aliphatic hydroxyl groups excluding tert-OH is 1. The third-order valence-corrected chi connectivity index (χ3v) is 8.71. The second-order valence-corrected chi connectivity index (χ2v) is 12.2. The summed E-state index contributed by atoms with van der Waals surface area (Å²) in [6.07, 6.45) is 7.40. The molecule has 0 unspecified atom stereocenters. The lowest BCUT2D eigenvalue weighted by Crippen LogP contribution is -2.50. The molecule has 252 valence electrons. The van der Waals surface area contributed by atoms with E-state index in [-0.39, 0.29) is 37.0 Å². The van der Waals surface area contributed by atoms with Crippen molar-refractivity contribution in [1.29, 1.82) is 0 Å². The third-order valence-electron chi connectivity index (χ3n) is 8.71. The van der Waals surface area contributed by atoms with Crippen molar-refractivity contribution in [2.75, 3.05) is 37.6 Å². The summed E-state index contributed by atoms with van der Waals surface area (Å²) in [7, 11) is 0. The van der Waals surface area contributed by atoms with Crippen LogP contribution < -0.4 is 15.7 Å². The van der Waals surface area contributed by atoms with Gasteiger partial charge in [0.05, 0.1) is 18.8 Å². The molecule has 0 spiro atoms. The first-order valence-electron chi connectivity index (χ1n) is 16.5. The molecule has 2 fully saturated rings. The minimum Gasteiger partial charge on any atom is -0.392 e. The van der Waals surface area contributed by atoms with E-state index in [9.17, 15) is 14.7 Å². The largest absolute Gasteiger partial charge is 0.392 e. The zero-order valence-corrected chi connectivity index (χ0v) is 26.8. The number of benzene rings is 2. The van der Waals surface area contributed by atoms with Crippen LogP contribution >= 0.6 is 0 Å². The van der Waals surface area contributed by atoms with E-state index in [1.54, 1.807) is 17.9 Å². The summed E-state index contributed by atoms with van der Waals surface area (Å²) in [5.41, 5.74) is 5.46. The van der Waals surface area contributed by atoms with Crippen molar-refractivity contribution in [3.05, 3.63) is 89.2 Å². The van der Waals surface area contributed by atoms with Gasteiger partial charge >= 0.3 is 0 Å². The van der Waals surface area contributed by atoms with E-state index in [4.69, 9.17) is 14.7 Å². The minimum atomic E-state index is -0.539. The van der Waals surface area contributed by atoms with Crippen LogP contribution in [-0.2, 0) is 32.2 Å². The third kappa shape index (κ3) is 10.5. The maximum absolute atomic E-state index is 12.3. The van der Waals surface area contributed by atoms with E-state index in [0.717, 1.165) is 86.6 Å². The standard InChI is InChI=1S/C35H46N6O6/c42-25-27-10-12-28(13-11-27)31-22-30(24-40-18-20-41(21-19-40)35-36-16-5-17-37-35)46-34(47-31)29-14-8-26(9-15-29)23-38-32(43)6-3-1-2-4-7-33(44)39-45/h5,8-17,30-31,34,42,45H,1-4,6-7,18-25H2,(H,38,43)(H,39,44)/t30-,31+,34+/m0/s1.